The zero-order valence-corrected chi connectivity index (χ0v) is 11.5. The summed E-state index contributed by atoms with van der Waals surface area (Å²) < 4.78 is 5.99. The third-order valence-electron chi connectivity index (χ3n) is 4.27. The van der Waals surface area contributed by atoms with E-state index in [2.05, 4.69) is 24.1 Å². The maximum absolute atomic E-state index is 5.99. The Labute approximate surface area is 106 Å². The van der Waals surface area contributed by atoms with Gasteiger partial charge in [-0.15, -0.1) is 0 Å². The van der Waals surface area contributed by atoms with E-state index in [-0.39, 0.29) is 0 Å². The largest absolute Gasteiger partial charge is 0.377 e. The smallest absolute Gasteiger partial charge is 0.0600 e. The van der Waals surface area contributed by atoms with Crippen molar-refractivity contribution in [3.8, 4) is 0 Å². The summed E-state index contributed by atoms with van der Waals surface area (Å²) >= 11 is 0. The lowest BCUT2D eigenvalue weighted by molar-refractivity contribution is 0.00617. The Bertz CT molecular complexity index is 216. The van der Waals surface area contributed by atoms with Gasteiger partial charge in [0.25, 0.3) is 0 Å². The molecule has 2 unspecified atom stereocenters. The van der Waals surface area contributed by atoms with E-state index in [9.17, 15) is 0 Å². The Morgan fingerprint density at radius 3 is 2.65 bits per heavy atom. The van der Waals surface area contributed by atoms with Crippen LogP contribution in [0, 0.1) is 5.92 Å². The maximum Gasteiger partial charge on any atom is 0.0600 e. The Hall–Kier alpha value is -0.120. The van der Waals surface area contributed by atoms with Crippen molar-refractivity contribution < 1.29 is 4.74 Å². The Morgan fingerprint density at radius 1 is 1.12 bits per heavy atom. The number of ether oxygens (including phenoxy) is 1. The summed E-state index contributed by atoms with van der Waals surface area (Å²) in [7, 11) is 0. The molecule has 2 fully saturated rings. The van der Waals surface area contributed by atoms with E-state index in [1.54, 1.807) is 0 Å². The fourth-order valence-corrected chi connectivity index (χ4v) is 2.99. The number of nitrogens with zero attached hydrogens (tertiary/aromatic N) is 1. The van der Waals surface area contributed by atoms with Crippen molar-refractivity contribution in [2.24, 2.45) is 5.92 Å². The topological polar surface area (TPSA) is 24.5 Å². The molecule has 17 heavy (non-hydrogen) atoms. The van der Waals surface area contributed by atoms with E-state index in [1.165, 1.54) is 32.2 Å². The normalized spacial score (nSPS) is 32.8. The molecule has 2 aliphatic heterocycles. The van der Waals surface area contributed by atoms with Gasteiger partial charge in [-0.3, -0.25) is 4.90 Å². The van der Waals surface area contributed by atoms with Gasteiger partial charge < -0.3 is 10.1 Å². The number of hydrogen-bond donors (Lipinski definition) is 1. The molecule has 0 saturated carbocycles. The molecule has 3 nitrogen and oxygen atoms in total. The van der Waals surface area contributed by atoms with E-state index in [1.807, 2.05) is 0 Å². The van der Waals surface area contributed by atoms with Gasteiger partial charge in [-0.05, 0) is 51.6 Å². The fraction of sp³-hybridized carbons (Fsp3) is 1.00. The third kappa shape index (κ3) is 4.23. The molecule has 2 heterocycles. The van der Waals surface area contributed by atoms with Crippen LogP contribution in [0.15, 0.2) is 0 Å². The number of hydrogen-bond acceptors (Lipinski definition) is 3. The molecular weight excluding hydrogens is 212 g/mol. The number of rotatable bonds is 4. The summed E-state index contributed by atoms with van der Waals surface area (Å²) in [5.41, 5.74) is 0. The Morgan fingerprint density at radius 2 is 1.88 bits per heavy atom. The number of nitrogens with one attached hydrogen (secondary N) is 1. The molecule has 0 bridgehead atoms. The average Bonchev–Trinajstić information content (AvgIpc) is 2.35. The van der Waals surface area contributed by atoms with Gasteiger partial charge >= 0.3 is 0 Å². The first-order chi connectivity index (χ1) is 8.25. The van der Waals surface area contributed by atoms with Crippen molar-refractivity contribution in [3.63, 3.8) is 0 Å². The molecule has 0 aliphatic carbocycles. The molecule has 0 aromatic heterocycles. The van der Waals surface area contributed by atoms with E-state index < -0.39 is 0 Å². The highest BCUT2D eigenvalue weighted by Crippen LogP contribution is 2.20. The summed E-state index contributed by atoms with van der Waals surface area (Å²) in [4.78, 5) is 2.61. The van der Waals surface area contributed by atoms with Crippen LogP contribution in [-0.2, 0) is 4.74 Å². The zero-order valence-electron chi connectivity index (χ0n) is 11.5. The van der Waals surface area contributed by atoms with Crippen molar-refractivity contribution in [2.75, 3.05) is 32.8 Å². The molecule has 2 atom stereocenters. The highest BCUT2D eigenvalue weighted by molar-refractivity contribution is 4.77. The molecule has 3 heteroatoms. The second kappa shape index (κ2) is 6.72. The van der Waals surface area contributed by atoms with Crippen molar-refractivity contribution in [1.29, 1.82) is 0 Å². The lowest BCUT2D eigenvalue weighted by atomic mass is 9.95. The summed E-state index contributed by atoms with van der Waals surface area (Å²) in [6.45, 7) is 10.3. The molecular formula is C14H28N2O. The van der Waals surface area contributed by atoms with Gasteiger partial charge in [-0.1, -0.05) is 6.92 Å². The molecule has 0 amide bonds. The minimum atomic E-state index is 0.508. The van der Waals surface area contributed by atoms with Crippen LogP contribution in [0.3, 0.4) is 0 Å². The molecule has 2 aliphatic rings. The van der Waals surface area contributed by atoms with E-state index in [4.69, 9.17) is 4.74 Å². The minimum absolute atomic E-state index is 0.508. The van der Waals surface area contributed by atoms with Gasteiger partial charge in [0.1, 0.15) is 0 Å². The van der Waals surface area contributed by atoms with Crippen molar-refractivity contribution in [1.82, 2.24) is 10.2 Å². The lowest BCUT2D eigenvalue weighted by Gasteiger charge is -2.37. The summed E-state index contributed by atoms with van der Waals surface area (Å²) in [5, 5.41) is 3.38. The lowest BCUT2D eigenvalue weighted by Crippen LogP contribution is -2.43. The van der Waals surface area contributed by atoms with Crippen LogP contribution in [0.1, 0.15) is 39.5 Å². The summed E-state index contributed by atoms with van der Waals surface area (Å²) in [6, 6.07) is 0.753. The molecule has 100 valence electrons. The van der Waals surface area contributed by atoms with Crippen LogP contribution in [0.4, 0.5) is 0 Å². The predicted molar refractivity (Wildman–Crippen MR) is 71.3 cm³/mol. The summed E-state index contributed by atoms with van der Waals surface area (Å²) in [5.74, 6) is 0.866. The first kappa shape index (κ1) is 13.3. The monoisotopic (exact) mass is 240 g/mol. The minimum Gasteiger partial charge on any atom is -0.377 e. The van der Waals surface area contributed by atoms with E-state index in [0.717, 1.165) is 38.2 Å². The second-order valence-corrected chi connectivity index (χ2v) is 5.85. The van der Waals surface area contributed by atoms with Crippen LogP contribution in [0.25, 0.3) is 0 Å². The predicted octanol–water partition coefficient (Wildman–Crippen LogP) is 1.88. The van der Waals surface area contributed by atoms with E-state index >= 15 is 0 Å². The number of piperidine rings is 2. The molecule has 0 spiro atoms. The maximum atomic E-state index is 5.99. The van der Waals surface area contributed by atoms with Gasteiger partial charge in [-0.25, -0.2) is 0 Å². The van der Waals surface area contributed by atoms with E-state index in [0.29, 0.717) is 6.10 Å². The van der Waals surface area contributed by atoms with Gasteiger partial charge in [0, 0.05) is 19.1 Å². The average molecular weight is 240 g/mol. The van der Waals surface area contributed by atoms with Crippen molar-refractivity contribution in [2.45, 2.75) is 51.7 Å². The first-order valence-electron chi connectivity index (χ1n) is 7.32. The van der Waals surface area contributed by atoms with Crippen LogP contribution < -0.4 is 5.32 Å². The van der Waals surface area contributed by atoms with Crippen LogP contribution >= 0.6 is 0 Å². The standard InChI is InChI=1S/C14H28N2O/c1-12-3-4-13(2)16(11-12)9-10-17-14-5-7-15-8-6-14/h12-15H,3-11H2,1-2H3. The molecule has 0 radical (unpaired) electrons. The van der Waals surface area contributed by atoms with Crippen LogP contribution in [0.2, 0.25) is 0 Å². The highest BCUT2D eigenvalue weighted by atomic mass is 16.5. The van der Waals surface area contributed by atoms with Gasteiger partial charge in [-0.2, -0.15) is 0 Å². The molecule has 0 aromatic rings. The summed E-state index contributed by atoms with van der Waals surface area (Å²) in [6.07, 6.45) is 5.63. The quantitative estimate of drug-likeness (QED) is 0.812. The first-order valence-corrected chi connectivity index (χ1v) is 7.32. The molecule has 2 rings (SSSR count). The Balaban J connectivity index is 1.63. The van der Waals surface area contributed by atoms with Crippen LogP contribution in [-0.4, -0.2) is 49.8 Å². The number of likely N-dealkylation sites (tertiary alicyclic amines) is 1. The third-order valence-corrected chi connectivity index (χ3v) is 4.27. The fourth-order valence-electron chi connectivity index (χ4n) is 2.99. The van der Waals surface area contributed by atoms with Gasteiger partial charge in [0.05, 0.1) is 12.7 Å². The highest BCUT2D eigenvalue weighted by Gasteiger charge is 2.22. The van der Waals surface area contributed by atoms with Gasteiger partial charge in [0.2, 0.25) is 0 Å². The molecule has 2 saturated heterocycles. The second-order valence-electron chi connectivity index (χ2n) is 5.85. The Kier molecular flexibility index (Phi) is 5.26. The van der Waals surface area contributed by atoms with Crippen molar-refractivity contribution in [3.05, 3.63) is 0 Å². The van der Waals surface area contributed by atoms with Gasteiger partial charge in [0.15, 0.2) is 0 Å². The molecule has 0 aromatic carbocycles. The SMILES string of the molecule is CC1CCC(C)N(CCOC2CCNCC2)C1. The molecule has 1 N–H and O–H groups in total. The van der Waals surface area contributed by atoms with Crippen LogP contribution in [0.5, 0.6) is 0 Å². The van der Waals surface area contributed by atoms with Crippen molar-refractivity contribution >= 4 is 0 Å². The zero-order chi connectivity index (χ0) is 12.1.